The molecule has 29 heavy (non-hydrogen) atoms. The molecule has 1 aliphatic rings. The Bertz CT molecular complexity index is 1170. The molecule has 1 atom stereocenters. The Labute approximate surface area is 171 Å². The van der Waals surface area contributed by atoms with Crippen LogP contribution >= 0.6 is 11.3 Å². The second-order valence-electron chi connectivity index (χ2n) is 7.20. The molecule has 0 aliphatic carbocycles. The van der Waals surface area contributed by atoms with Crippen molar-refractivity contribution < 1.29 is 4.79 Å². The van der Waals surface area contributed by atoms with Crippen LogP contribution < -0.4 is 5.73 Å². The highest BCUT2D eigenvalue weighted by Gasteiger charge is 2.23. The summed E-state index contributed by atoms with van der Waals surface area (Å²) in [5.74, 6) is -0.00694. The van der Waals surface area contributed by atoms with Crippen LogP contribution in [0, 0.1) is 0 Å². The smallest absolute Gasteiger partial charge is 0.254 e. The van der Waals surface area contributed by atoms with E-state index >= 15 is 0 Å². The van der Waals surface area contributed by atoms with E-state index in [9.17, 15) is 4.79 Å². The first-order valence-corrected chi connectivity index (χ1v) is 10.5. The molecular weight excluding hydrogens is 384 g/mol. The van der Waals surface area contributed by atoms with Gasteiger partial charge in [0.1, 0.15) is 0 Å². The van der Waals surface area contributed by atoms with Crippen LogP contribution in [0.5, 0.6) is 0 Å². The zero-order chi connectivity index (χ0) is 19.8. The van der Waals surface area contributed by atoms with Crippen molar-refractivity contribution in [3.8, 4) is 21.8 Å². The van der Waals surface area contributed by atoms with Crippen LogP contribution in [0.4, 0.5) is 0 Å². The molecule has 0 aromatic carbocycles. The highest BCUT2D eigenvalue weighted by Crippen LogP contribution is 2.27. The van der Waals surface area contributed by atoms with Gasteiger partial charge in [0.05, 0.1) is 28.0 Å². The van der Waals surface area contributed by atoms with Gasteiger partial charge in [-0.25, -0.2) is 9.50 Å². The second kappa shape index (κ2) is 7.38. The Balaban J connectivity index is 1.51. The Hall–Kier alpha value is -3.10. The molecule has 0 spiro atoms. The van der Waals surface area contributed by atoms with E-state index in [-0.39, 0.29) is 11.9 Å². The van der Waals surface area contributed by atoms with Crippen LogP contribution in [-0.4, -0.2) is 49.5 Å². The van der Waals surface area contributed by atoms with Crippen molar-refractivity contribution in [3.63, 3.8) is 0 Å². The summed E-state index contributed by atoms with van der Waals surface area (Å²) in [6, 6.07) is 9.62. The molecule has 0 saturated carbocycles. The van der Waals surface area contributed by atoms with E-state index in [1.54, 1.807) is 34.3 Å². The Morgan fingerprint density at radius 2 is 2.17 bits per heavy atom. The molecule has 1 aliphatic heterocycles. The standard InChI is InChI=1S/C21H20N6OS/c22-15-3-1-8-26(13-15)21(28)14-5-7-23-18(11-14)16-12-24-27-9-6-17(25-20(16)27)19-4-2-10-29-19/h2,4-7,9-12,15H,1,3,8,13,22H2/t15-/m0/s1. The molecule has 0 bridgehead atoms. The van der Waals surface area contributed by atoms with Crippen molar-refractivity contribution in [2.75, 3.05) is 13.1 Å². The number of pyridine rings is 1. The first-order chi connectivity index (χ1) is 14.2. The third kappa shape index (κ3) is 3.41. The van der Waals surface area contributed by atoms with Crippen LogP contribution in [0.25, 0.3) is 27.5 Å². The van der Waals surface area contributed by atoms with Crippen molar-refractivity contribution in [1.29, 1.82) is 0 Å². The lowest BCUT2D eigenvalue weighted by Crippen LogP contribution is -2.45. The summed E-state index contributed by atoms with van der Waals surface area (Å²) in [5, 5.41) is 6.43. The molecule has 5 heterocycles. The number of piperidine rings is 1. The number of amides is 1. The molecule has 1 saturated heterocycles. The minimum atomic E-state index is -0.00694. The van der Waals surface area contributed by atoms with Gasteiger partial charge in [-0.05, 0) is 42.5 Å². The summed E-state index contributed by atoms with van der Waals surface area (Å²) in [6.07, 6.45) is 7.21. The van der Waals surface area contributed by atoms with E-state index < -0.39 is 0 Å². The number of rotatable bonds is 3. The number of nitrogens with two attached hydrogens (primary N) is 1. The fraction of sp³-hybridized carbons (Fsp3) is 0.238. The van der Waals surface area contributed by atoms with Crippen LogP contribution in [0.1, 0.15) is 23.2 Å². The molecule has 4 aromatic heterocycles. The molecule has 5 rings (SSSR count). The summed E-state index contributed by atoms with van der Waals surface area (Å²) in [7, 11) is 0. The SMILES string of the molecule is N[C@H]1CCCN(C(=O)c2ccnc(-c3cnn4ccc(-c5cccs5)nc34)c2)C1. The quantitative estimate of drug-likeness (QED) is 0.567. The number of thiophene rings is 1. The molecule has 1 fully saturated rings. The van der Waals surface area contributed by atoms with Gasteiger partial charge in [-0.2, -0.15) is 5.10 Å². The highest BCUT2D eigenvalue weighted by molar-refractivity contribution is 7.13. The number of likely N-dealkylation sites (tertiary alicyclic amines) is 1. The number of aromatic nitrogens is 4. The van der Waals surface area contributed by atoms with E-state index in [2.05, 4.69) is 10.1 Å². The number of carbonyl (C=O) groups is 1. The largest absolute Gasteiger partial charge is 0.337 e. The number of hydrogen-bond acceptors (Lipinski definition) is 6. The zero-order valence-electron chi connectivity index (χ0n) is 15.7. The van der Waals surface area contributed by atoms with Gasteiger partial charge in [-0.15, -0.1) is 11.3 Å². The fourth-order valence-corrected chi connectivity index (χ4v) is 4.39. The van der Waals surface area contributed by atoms with Crippen molar-refractivity contribution in [1.82, 2.24) is 24.5 Å². The first-order valence-electron chi connectivity index (χ1n) is 9.58. The minimum Gasteiger partial charge on any atom is -0.337 e. The van der Waals surface area contributed by atoms with Crippen LogP contribution in [0.15, 0.2) is 54.3 Å². The predicted octanol–water partition coefficient (Wildman–Crippen LogP) is 3.08. The van der Waals surface area contributed by atoms with Gasteiger partial charge in [-0.1, -0.05) is 6.07 Å². The summed E-state index contributed by atoms with van der Waals surface area (Å²) in [6.45, 7) is 1.34. The molecule has 0 radical (unpaired) electrons. The van der Waals surface area contributed by atoms with E-state index in [0.717, 1.165) is 35.5 Å². The second-order valence-corrected chi connectivity index (χ2v) is 8.15. The molecular formula is C21H20N6OS. The number of hydrogen-bond donors (Lipinski definition) is 1. The lowest BCUT2D eigenvalue weighted by Gasteiger charge is -2.30. The van der Waals surface area contributed by atoms with E-state index in [1.165, 1.54) is 0 Å². The van der Waals surface area contributed by atoms with Crippen molar-refractivity contribution in [2.45, 2.75) is 18.9 Å². The first kappa shape index (κ1) is 18.0. The number of carbonyl (C=O) groups excluding carboxylic acids is 1. The summed E-state index contributed by atoms with van der Waals surface area (Å²) < 4.78 is 1.73. The maximum Gasteiger partial charge on any atom is 0.254 e. The van der Waals surface area contributed by atoms with Crippen molar-refractivity contribution in [2.24, 2.45) is 5.73 Å². The van der Waals surface area contributed by atoms with Gasteiger partial charge in [-0.3, -0.25) is 9.78 Å². The third-order valence-electron chi connectivity index (χ3n) is 5.17. The molecule has 8 heteroatoms. The Morgan fingerprint density at radius 1 is 1.24 bits per heavy atom. The third-order valence-corrected chi connectivity index (χ3v) is 6.06. The normalized spacial score (nSPS) is 17.0. The average Bonchev–Trinajstić information content (AvgIpc) is 3.43. The molecule has 2 N–H and O–H groups in total. The van der Waals surface area contributed by atoms with Gasteiger partial charge in [0.15, 0.2) is 5.65 Å². The van der Waals surface area contributed by atoms with Gasteiger partial charge in [0.25, 0.3) is 5.91 Å². The maximum atomic E-state index is 12.9. The van der Waals surface area contributed by atoms with Crippen molar-refractivity contribution in [3.05, 3.63) is 59.9 Å². The molecule has 146 valence electrons. The summed E-state index contributed by atoms with van der Waals surface area (Å²) in [4.78, 5) is 25.1. The lowest BCUT2D eigenvalue weighted by atomic mass is 10.0. The van der Waals surface area contributed by atoms with E-state index in [1.807, 2.05) is 40.7 Å². The van der Waals surface area contributed by atoms with Crippen LogP contribution in [0.3, 0.4) is 0 Å². The van der Waals surface area contributed by atoms with E-state index in [4.69, 9.17) is 10.7 Å². The van der Waals surface area contributed by atoms with Gasteiger partial charge in [0, 0.05) is 37.1 Å². The topological polar surface area (TPSA) is 89.4 Å². The number of fused-ring (bicyclic) bond motifs is 1. The molecule has 7 nitrogen and oxygen atoms in total. The summed E-state index contributed by atoms with van der Waals surface area (Å²) >= 11 is 1.64. The van der Waals surface area contributed by atoms with E-state index in [0.29, 0.717) is 23.4 Å². The number of nitrogens with zero attached hydrogens (tertiary/aromatic N) is 5. The summed E-state index contributed by atoms with van der Waals surface area (Å²) in [5.41, 5.74) is 9.74. The molecule has 0 unspecified atom stereocenters. The van der Waals surface area contributed by atoms with Gasteiger partial charge in [0.2, 0.25) is 0 Å². The lowest BCUT2D eigenvalue weighted by molar-refractivity contribution is 0.0708. The Kier molecular flexibility index (Phi) is 4.57. The molecule has 1 amide bonds. The average molecular weight is 404 g/mol. The van der Waals surface area contributed by atoms with Crippen molar-refractivity contribution >= 4 is 22.9 Å². The van der Waals surface area contributed by atoms with Gasteiger partial charge >= 0.3 is 0 Å². The maximum absolute atomic E-state index is 12.9. The molecule has 4 aromatic rings. The highest BCUT2D eigenvalue weighted by atomic mass is 32.1. The minimum absolute atomic E-state index is 0.00694. The monoisotopic (exact) mass is 404 g/mol. The fourth-order valence-electron chi connectivity index (χ4n) is 3.70. The van der Waals surface area contributed by atoms with Crippen LogP contribution in [0.2, 0.25) is 0 Å². The zero-order valence-corrected chi connectivity index (χ0v) is 16.5. The van der Waals surface area contributed by atoms with Crippen LogP contribution in [-0.2, 0) is 0 Å². The van der Waals surface area contributed by atoms with Gasteiger partial charge < -0.3 is 10.6 Å². The predicted molar refractivity (Wildman–Crippen MR) is 113 cm³/mol. The Morgan fingerprint density at radius 3 is 3.00 bits per heavy atom.